The van der Waals surface area contributed by atoms with Gasteiger partial charge in [0.25, 0.3) is 0 Å². The summed E-state index contributed by atoms with van der Waals surface area (Å²) in [6.07, 6.45) is 3.54. The number of hydrogen-bond acceptors (Lipinski definition) is 4. The number of methoxy groups -OCH3 is 1. The first-order valence-corrected chi connectivity index (χ1v) is 6.19. The van der Waals surface area contributed by atoms with Crippen molar-refractivity contribution in [1.82, 2.24) is 9.55 Å². The molecule has 1 aromatic carbocycles. The molecule has 0 radical (unpaired) electrons. The summed E-state index contributed by atoms with van der Waals surface area (Å²) in [5, 5.41) is 9.19. The zero-order chi connectivity index (χ0) is 14.5. The van der Waals surface area contributed by atoms with Crippen LogP contribution in [0.15, 0.2) is 30.6 Å². The molecular formula is C14H16N2O4. The molecule has 1 N–H and O–H groups in total. The molecule has 1 aromatic heterocycles. The van der Waals surface area contributed by atoms with E-state index in [1.165, 1.54) is 13.2 Å². The Morgan fingerprint density at radius 1 is 1.45 bits per heavy atom. The summed E-state index contributed by atoms with van der Waals surface area (Å²) in [7, 11) is 1.49. The van der Waals surface area contributed by atoms with Gasteiger partial charge in [-0.05, 0) is 25.1 Å². The zero-order valence-electron chi connectivity index (χ0n) is 11.4. The molecule has 0 aliphatic heterocycles. The molecule has 2 aromatic rings. The number of benzene rings is 1. The van der Waals surface area contributed by atoms with Crippen LogP contribution in [0.2, 0.25) is 0 Å². The Kier molecular flexibility index (Phi) is 4.24. The van der Waals surface area contributed by atoms with E-state index in [1.807, 2.05) is 17.7 Å². The molecule has 0 aliphatic rings. The number of imidazole rings is 1. The van der Waals surface area contributed by atoms with Crippen molar-refractivity contribution in [1.29, 1.82) is 0 Å². The number of aromatic nitrogens is 2. The minimum Gasteiger partial charge on any atom is -0.497 e. The fourth-order valence-electron chi connectivity index (χ4n) is 1.84. The Morgan fingerprint density at radius 2 is 2.25 bits per heavy atom. The van der Waals surface area contributed by atoms with E-state index in [0.717, 1.165) is 12.4 Å². The topological polar surface area (TPSA) is 73.6 Å². The van der Waals surface area contributed by atoms with Crippen molar-refractivity contribution in [2.45, 2.75) is 20.1 Å². The highest BCUT2D eigenvalue weighted by Crippen LogP contribution is 2.24. The SMILES string of the molecule is CCn1ccnc1COc1ccc(OC)cc1C(=O)O. The third-order valence-corrected chi connectivity index (χ3v) is 2.92. The highest BCUT2D eigenvalue weighted by atomic mass is 16.5. The number of aryl methyl sites for hydroxylation is 1. The monoisotopic (exact) mass is 276 g/mol. The standard InChI is InChI=1S/C14H16N2O4/c1-3-16-7-6-15-13(16)9-20-12-5-4-10(19-2)8-11(12)14(17)18/h4-8H,3,9H2,1-2H3,(H,17,18). The molecule has 0 amide bonds. The molecule has 0 aliphatic carbocycles. The van der Waals surface area contributed by atoms with Crippen LogP contribution in [0.4, 0.5) is 0 Å². The Hall–Kier alpha value is -2.50. The number of aromatic carboxylic acids is 1. The van der Waals surface area contributed by atoms with Gasteiger partial charge < -0.3 is 19.1 Å². The van der Waals surface area contributed by atoms with Crippen LogP contribution in [-0.2, 0) is 13.2 Å². The van der Waals surface area contributed by atoms with Gasteiger partial charge in [-0.3, -0.25) is 0 Å². The summed E-state index contributed by atoms with van der Waals surface area (Å²) < 4.78 is 12.5. The van der Waals surface area contributed by atoms with Crippen LogP contribution in [0.3, 0.4) is 0 Å². The van der Waals surface area contributed by atoms with Gasteiger partial charge in [0.2, 0.25) is 0 Å². The molecule has 0 bridgehead atoms. The van der Waals surface area contributed by atoms with Crippen molar-refractivity contribution >= 4 is 5.97 Å². The van der Waals surface area contributed by atoms with Crippen molar-refractivity contribution in [2.75, 3.05) is 7.11 Å². The Labute approximate surface area is 116 Å². The van der Waals surface area contributed by atoms with Crippen LogP contribution in [-0.4, -0.2) is 27.7 Å². The molecule has 0 unspecified atom stereocenters. The summed E-state index contributed by atoms with van der Waals surface area (Å²) in [5.41, 5.74) is 0.0685. The van der Waals surface area contributed by atoms with Gasteiger partial charge in [0.15, 0.2) is 0 Å². The lowest BCUT2D eigenvalue weighted by atomic mass is 10.2. The average Bonchev–Trinajstić information content (AvgIpc) is 2.92. The van der Waals surface area contributed by atoms with Gasteiger partial charge in [-0.15, -0.1) is 0 Å². The molecule has 1 heterocycles. The first-order chi connectivity index (χ1) is 9.65. The van der Waals surface area contributed by atoms with Crippen LogP contribution in [0.25, 0.3) is 0 Å². The summed E-state index contributed by atoms with van der Waals surface area (Å²) in [4.78, 5) is 15.4. The van der Waals surface area contributed by atoms with Gasteiger partial charge in [0, 0.05) is 18.9 Å². The normalized spacial score (nSPS) is 10.3. The molecule has 0 fully saturated rings. The second-order valence-electron chi connectivity index (χ2n) is 4.09. The summed E-state index contributed by atoms with van der Waals surface area (Å²) in [6, 6.07) is 4.68. The first-order valence-electron chi connectivity index (χ1n) is 6.19. The number of carboxylic acid groups (broad SMARTS) is 1. The lowest BCUT2D eigenvalue weighted by molar-refractivity contribution is 0.0691. The third-order valence-electron chi connectivity index (χ3n) is 2.92. The number of ether oxygens (including phenoxy) is 2. The van der Waals surface area contributed by atoms with Crippen molar-refractivity contribution in [3.63, 3.8) is 0 Å². The lowest BCUT2D eigenvalue weighted by Gasteiger charge is -2.11. The minimum atomic E-state index is -1.06. The highest BCUT2D eigenvalue weighted by Gasteiger charge is 2.13. The van der Waals surface area contributed by atoms with E-state index in [9.17, 15) is 9.90 Å². The van der Waals surface area contributed by atoms with Gasteiger partial charge in [-0.1, -0.05) is 0 Å². The number of rotatable bonds is 6. The fraction of sp³-hybridized carbons (Fsp3) is 0.286. The van der Waals surface area contributed by atoms with Crippen LogP contribution in [0.5, 0.6) is 11.5 Å². The van der Waals surface area contributed by atoms with E-state index in [0.29, 0.717) is 11.5 Å². The minimum absolute atomic E-state index is 0.0685. The Balaban J connectivity index is 2.19. The Morgan fingerprint density at radius 3 is 2.90 bits per heavy atom. The number of hydrogen-bond donors (Lipinski definition) is 1. The number of nitrogens with zero attached hydrogens (tertiary/aromatic N) is 2. The molecule has 0 atom stereocenters. The number of carboxylic acids is 1. The van der Waals surface area contributed by atoms with E-state index >= 15 is 0 Å². The van der Waals surface area contributed by atoms with Gasteiger partial charge in [0.1, 0.15) is 29.5 Å². The Bertz CT molecular complexity index is 607. The second kappa shape index (κ2) is 6.10. The maximum atomic E-state index is 11.2. The van der Waals surface area contributed by atoms with Crippen LogP contribution >= 0.6 is 0 Å². The molecular weight excluding hydrogens is 260 g/mol. The van der Waals surface area contributed by atoms with E-state index in [2.05, 4.69) is 4.98 Å². The van der Waals surface area contributed by atoms with E-state index in [4.69, 9.17) is 9.47 Å². The molecule has 0 spiro atoms. The quantitative estimate of drug-likeness (QED) is 0.875. The fourth-order valence-corrected chi connectivity index (χ4v) is 1.84. The first kappa shape index (κ1) is 13.9. The predicted molar refractivity (Wildman–Crippen MR) is 72.2 cm³/mol. The largest absolute Gasteiger partial charge is 0.497 e. The highest BCUT2D eigenvalue weighted by molar-refractivity contribution is 5.91. The second-order valence-corrected chi connectivity index (χ2v) is 4.09. The lowest BCUT2D eigenvalue weighted by Crippen LogP contribution is -2.08. The number of carbonyl (C=O) groups is 1. The zero-order valence-corrected chi connectivity index (χ0v) is 11.4. The molecule has 0 saturated heterocycles. The average molecular weight is 276 g/mol. The van der Waals surface area contributed by atoms with E-state index < -0.39 is 5.97 Å². The summed E-state index contributed by atoms with van der Waals surface area (Å²) in [6.45, 7) is 3.00. The van der Waals surface area contributed by atoms with Crippen LogP contribution < -0.4 is 9.47 Å². The smallest absolute Gasteiger partial charge is 0.339 e. The summed E-state index contributed by atoms with van der Waals surface area (Å²) in [5.74, 6) is 0.464. The van der Waals surface area contributed by atoms with Gasteiger partial charge in [-0.25, -0.2) is 9.78 Å². The molecule has 6 heteroatoms. The van der Waals surface area contributed by atoms with Gasteiger partial charge in [0.05, 0.1) is 7.11 Å². The maximum Gasteiger partial charge on any atom is 0.339 e. The molecule has 106 valence electrons. The molecule has 2 rings (SSSR count). The maximum absolute atomic E-state index is 11.2. The van der Waals surface area contributed by atoms with Crippen molar-refractivity contribution in [3.05, 3.63) is 42.0 Å². The van der Waals surface area contributed by atoms with Crippen molar-refractivity contribution < 1.29 is 19.4 Å². The predicted octanol–water partition coefficient (Wildman–Crippen LogP) is 2.19. The van der Waals surface area contributed by atoms with Crippen molar-refractivity contribution in [2.24, 2.45) is 0 Å². The van der Waals surface area contributed by atoms with Crippen LogP contribution in [0, 0.1) is 0 Å². The van der Waals surface area contributed by atoms with Gasteiger partial charge in [-0.2, -0.15) is 0 Å². The summed E-state index contributed by atoms with van der Waals surface area (Å²) >= 11 is 0. The van der Waals surface area contributed by atoms with E-state index in [-0.39, 0.29) is 12.2 Å². The van der Waals surface area contributed by atoms with Gasteiger partial charge >= 0.3 is 5.97 Å². The molecule has 6 nitrogen and oxygen atoms in total. The third kappa shape index (κ3) is 2.90. The molecule has 0 saturated carbocycles. The molecule has 20 heavy (non-hydrogen) atoms. The van der Waals surface area contributed by atoms with Crippen LogP contribution in [0.1, 0.15) is 23.1 Å². The van der Waals surface area contributed by atoms with Crippen molar-refractivity contribution in [3.8, 4) is 11.5 Å². The van der Waals surface area contributed by atoms with E-state index in [1.54, 1.807) is 18.3 Å².